The SMILES string of the molecule is O=C1c2c(ccc3ccccc23)O[C@]1(O)c1ccccc1. The van der Waals surface area contributed by atoms with Crippen LogP contribution in [0.2, 0.25) is 0 Å². The Kier molecular flexibility index (Phi) is 2.41. The fraction of sp³-hybridized carbons (Fsp3) is 0.0556. The van der Waals surface area contributed by atoms with Crippen LogP contribution in [0.5, 0.6) is 5.75 Å². The van der Waals surface area contributed by atoms with E-state index in [4.69, 9.17) is 4.74 Å². The molecule has 3 heteroatoms. The summed E-state index contributed by atoms with van der Waals surface area (Å²) in [6.07, 6.45) is 0. The topological polar surface area (TPSA) is 46.5 Å². The summed E-state index contributed by atoms with van der Waals surface area (Å²) in [5, 5.41) is 12.5. The monoisotopic (exact) mass is 276 g/mol. The van der Waals surface area contributed by atoms with E-state index in [0.29, 0.717) is 16.9 Å². The van der Waals surface area contributed by atoms with Gasteiger partial charge >= 0.3 is 0 Å². The van der Waals surface area contributed by atoms with Gasteiger partial charge in [-0.2, -0.15) is 0 Å². The third kappa shape index (κ3) is 1.61. The molecule has 1 aliphatic heterocycles. The van der Waals surface area contributed by atoms with Crippen molar-refractivity contribution in [2.45, 2.75) is 5.79 Å². The molecule has 0 amide bonds. The fourth-order valence-electron chi connectivity index (χ4n) is 2.80. The first kappa shape index (κ1) is 12.1. The van der Waals surface area contributed by atoms with Gasteiger partial charge in [0.1, 0.15) is 5.75 Å². The highest BCUT2D eigenvalue weighted by molar-refractivity contribution is 6.15. The van der Waals surface area contributed by atoms with Gasteiger partial charge in [0.2, 0.25) is 5.78 Å². The van der Waals surface area contributed by atoms with E-state index in [-0.39, 0.29) is 0 Å². The van der Waals surface area contributed by atoms with E-state index in [1.54, 1.807) is 30.3 Å². The molecular formula is C18H12O3. The van der Waals surface area contributed by atoms with Crippen molar-refractivity contribution in [3.8, 4) is 5.75 Å². The molecule has 0 saturated carbocycles. The number of hydrogen-bond acceptors (Lipinski definition) is 3. The molecule has 0 saturated heterocycles. The molecule has 102 valence electrons. The standard InChI is InChI=1S/C18H12O3/c19-17-16-14-9-5-4-6-12(14)10-11-15(16)21-18(17,20)13-7-2-1-3-8-13/h1-11,20H/t18-/m1/s1. The molecule has 0 aromatic heterocycles. The first-order chi connectivity index (χ1) is 10.2. The van der Waals surface area contributed by atoms with Crippen molar-refractivity contribution in [3.05, 3.63) is 77.9 Å². The maximum atomic E-state index is 12.8. The zero-order valence-electron chi connectivity index (χ0n) is 11.1. The summed E-state index contributed by atoms with van der Waals surface area (Å²) in [6.45, 7) is 0. The molecule has 1 aliphatic rings. The van der Waals surface area contributed by atoms with Crippen LogP contribution in [0.4, 0.5) is 0 Å². The van der Waals surface area contributed by atoms with Crippen molar-refractivity contribution in [2.24, 2.45) is 0 Å². The summed E-state index contributed by atoms with van der Waals surface area (Å²) in [5.74, 6) is -1.93. The summed E-state index contributed by atoms with van der Waals surface area (Å²) in [4.78, 5) is 12.8. The van der Waals surface area contributed by atoms with Gasteiger partial charge in [0.15, 0.2) is 0 Å². The van der Waals surface area contributed by atoms with Gasteiger partial charge in [-0.25, -0.2) is 0 Å². The number of rotatable bonds is 1. The Morgan fingerprint density at radius 1 is 0.857 bits per heavy atom. The van der Waals surface area contributed by atoms with Crippen LogP contribution >= 0.6 is 0 Å². The Labute approximate surface area is 121 Å². The smallest absolute Gasteiger partial charge is 0.300 e. The van der Waals surface area contributed by atoms with E-state index in [1.165, 1.54) is 0 Å². The molecule has 0 unspecified atom stereocenters. The minimum Gasteiger partial charge on any atom is -0.450 e. The third-order valence-corrected chi connectivity index (χ3v) is 3.85. The van der Waals surface area contributed by atoms with E-state index in [0.717, 1.165) is 10.8 Å². The number of benzene rings is 3. The van der Waals surface area contributed by atoms with Gasteiger partial charge in [-0.3, -0.25) is 4.79 Å². The first-order valence-corrected chi connectivity index (χ1v) is 6.73. The number of fused-ring (bicyclic) bond motifs is 3. The Hall–Kier alpha value is -2.65. The van der Waals surface area contributed by atoms with E-state index >= 15 is 0 Å². The molecule has 3 aromatic carbocycles. The van der Waals surface area contributed by atoms with Crippen LogP contribution in [0.25, 0.3) is 10.8 Å². The third-order valence-electron chi connectivity index (χ3n) is 3.85. The Morgan fingerprint density at radius 3 is 2.38 bits per heavy atom. The van der Waals surface area contributed by atoms with Gasteiger partial charge in [-0.1, -0.05) is 60.7 Å². The number of aliphatic hydroxyl groups is 1. The van der Waals surface area contributed by atoms with Crippen LogP contribution in [0.1, 0.15) is 15.9 Å². The van der Waals surface area contributed by atoms with E-state index < -0.39 is 11.6 Å². The zero-order valence-corrected chi connectivity index (χ0v) is 11.1. The summed E-state index contributed by atoms with van der Waals surface area (Å²) >= 11 is 0. The Balaban J connectivity index is 1.95. The predicted octanol–water partition coefficient (Wildman–Crippen LogP) is 3.26. The molecular weight excluding hydrogens is 264 g/mol. The molecule has 1 N–H and O–H groups in total. The minimum atomic E-state index is -1.94. The molecule has 0 radical (unpaired) electrons. The first-order valence-electron chi connectivity index (χ1n) is 6.73. The number of Topliss-reactive ketones (excluding diaryl/α,β-unsaturated/α-hetero) is 1. The average Bonchev–Trinajstić information content (AvgIpc) is 2.81. The molecule has 0 spiro atoms. The predicted molar refractivity (Wildman–Crippen MR) is 79.2 cm³/mol. The second-order valence-electron chi connectivity index (χ2n) is 5.10. The van der Waals surface area contributed by atoms with Crippen LogP contribution in [0, 0.1) is 0 Å². The number of carbonyl (C=O) groups excluding carboxylic acids is 1. The summed E-state index contributed by atoms with van der Waals surface area (Å²) in [7, 11) is 0. The molecule has 21 heavy (non-hydrogen) atoms. The number of hydrogen-bond donors (Lipinski definition) is 1. The lowest BCUT2D eigenvalue weighted by atomic mass is 9.95. The van der Waals surface area contributed by atoms with Crippen LogP contribution in [0.3, 0.4) is 0 Å². The maximum Gasteiger partial charge on any atom is 0.300 e. The maximum absolute atomic E-state index is 12.8. The van der Waals surface area contributed by atoms with Crippen LogP contribution < -0.4 is 4.74 Å². The van der Waals surface area contributed by atoms with E-state index in [1.807, 2.05) is 36.4 Å². The van der Waals surface area contributed by atoms with Crippen LogP contribution in [0.15, 0.2) is 66.7 Å². The van der Waals surface area contributed by atoms with E-state index in [2.05, 4.69) is 0 Å². The van der Waals surface area contributed by atoms with E-state index in [9.17, 15) is 9.90 Å². The lowest BCUT2D eigenvalue weighted by Crippen LogP contribution is -2.36. The fourth-order valence-corrected chi connectivity index (χ4v) is 2.80. The average molecular weight is 276 g/mol. The molecule has 4 rings (SSSR count). The molecule has 3 aromatic rings. The van der Waals surface area contributed by atoms with Gasteiger partial charge in [0, 0.05) is 5.56 Å². The molecule has 3 nitrogen and oxygen atoms in total. The van der Waals surface area contributed by atoms with Crippen molar-refractivity contribution in [1.29, 1.82) is 0 Å². The number of ether oxygens (including phenoxy) is 1. The second kappa shape index (κ2) is 4.17. The molecule has 1 heterocycles. The zero-order chi connectivity index (χ0) is 14.4. The summed E-state index contributed by atoms with van der Waals surface area (Å²) in [5.41, 5.74) is 0.884. The molecule has 0 aliphatic carbocycles. The lowest BCUT2D eigenvalue weighted by molar-refractivity contribution is -0.0959. The summed E-state index contributed by atoms with van der Waals surface area (Å²) < 4.78 is 5.61. The number of carbonyl (C=O) groups is 1. The molecule has 0 bridgehead atoms. The van der Waals surface area contributed by atoms with Crippen LogP contribution in [-0.2, 0) is 5.79 Å². The minimum absolute atomic E-state index is 0.416. The lowest BCUT2D eigenvalue weighted by Gasteiger charge is -2.20. The van der Waals surface area contributed by atoms with Gasteiger partial charge in [0.25, 0.3) is 5.79 Å². The van der Waals surface area contributed by atoms with Crippen molar-refractivity contribution in [2.75, 3.05) is 0 Å². The Bertz CT molecular complexity index is 855. The van der Waals surface area contributed by atoms with Crippen molar-refractivity contribution in [3.63, 3.8) is 0 Å². The quantitative estimate of drug-likeness (QED) is 0.742. The van der Waals surface area contributed by atoms with Crippen molar-refractivity contribution >= 4 is 16.6 Å². The van der Waals surface area contributed by atoms with Gasteiger partial charge in [-0.15, -0.1) is 0 Å². The highest BCUT2D eigenvalue weighted by Gasteiger charge is 2.48. The van der Waals surface area contributed by atoms with Gasteiger partial charge in [-0.05, 0) is 16.8 Å². The van der Waals surface area contributed by atoms with Gasteiger partial charge < -0.3 is 9.84 Å². The second-order valence-corrected chi connectivity index (χ2v) is 5.10. The van der Waals surface area contributed by atoms with Crippen molar-refractivity contribution < 1.29 is 14.6 Å². The normalized spacial score (nSPS) is 20.3. The largest absolute Gasteiger partial charge is 0.450 e. The summed E-state index contributed by atoms with van der Waals surface area (Å²) in [6, 6.07) is 19.9. The van der Waals surface area contributed by atoms with Gasteiger partial charge in [0.05, 0.1) is 5.56 Å². The molecule has 0 fully saturated rings. The highest BCUT2D eigenvalue weighted by atomic mass is 16.6. The highest BCUT2D eigenvalue weighted by Crippen LogP contribution is 2.42. The molecule has 1 atom stereocenters. The van der Waals surface area contributed by atoms with Crippen LogP contribution in [-0.4, -0.2) is 10.9 Å². The van der Waals surface area contributed by atoms with Crippen molar-refractivity contribution in [1.82, 2.24) is 0 Å². The number of ketones is 1. The Morgan fingerprint density at radius 2 is 1.57 bits per heavy atom.